The van der Waals surface area contributed by atoms with Crippen LogP contribution in [-0.4, -0.2) is 79.5 Å². The standard InChI is InChI=1S/C27H28N8O9S2.ClH/c1-27(2)19(24(40)41)35-22(39)18(23(35)45-27)32-21(38)17(12-3-7-14(36)8-4-12)33-26(42)31-16-11-29-25(34-20(16)37)30-13-5-9-15(10-6-13)46(28,43)44;/h3-11,17-19,23,36H,1-2H3,(H,32,38)(H,40,41)(H2,28,43,44)(H2,31,33,42)(H2,29,30,34,37);1H/t17?,18-,19+,23-;/m1./s1. The average Bonchev–Trinajstić information content (AvgIpc) is 3.24. The Kier molecular flexibility index (Phi) is 9.76. The zero-order chi connectivity index (χ0) is 33.6. The lowest BCUT2D eigenvalue weighted by molar-refractivity contribution is -0.161. The molecule has 3 aromatic rings. The number of rotatable bonds is 9. The van der Waals surface area contributed by atoms with Gasteiger partial charge < -0.3 is 36.4 Å². The van der Waals surface area contributed by atoms with Gasteiger partial charge in [-0.2, -0.15) is 0 Å². The number of carbonyl (C=O) groups excluding carboxylic acids is 3. The molecule has 250 valence electrons. The molecule has 4 atom stereocenters. The molecule has 2 aliphatic rings. The number of nitrogens with two attached hydrogens (primary N) is 1. The number of β-lactam (4-membered cyclic amide) rings is 1. The highest BCUT2D eigenvalue weighted by Gasteiger charge is 2.64. The van der Waals surface area contributed by atoms with Gasteiger partial charge in [-0.25, -0.2) is 28.1 Å². The first kappa shape index (κ1) is 35.0. The number of amides is 4. The van der Waals surface area contributed by atoms with Gasteiger partial charge in [0.1, 0.15) is 34.9 Å². The van der Waals surface area contributed by atoms with Gasteiger partial charge >= 0.3 is 12.0 Å². The fraction of sp³-hybridized carbons (Fsp3) is 0.259. The number of nitrogens with one attached hydrogen (secondary N) is 5. The van der Waals surface area contributed by atoms with E-state index in [1.54, 1.807) is 13.8 Å². The lowest BCUT2D eigenvalue weighted by Crippen LogP contribution is -2.71. The summed E-state index contributed by atoms with van der Waals surface area (Å²) < 4.78 is 22.0. The largest absolute Gasteiger partial charge is 0.508 e. The summed E-state index contributed by atoms with van der Waals surface area (Å²) in [4.78, 5) is 71.4. The summed E-state index contributed by atoms with van der Waals surface area (Å²) >= 11 is 1.23. The fourth-order valence-electron chi connectivity index (χ4n) is 5.05. The van der Waals surface area contributed by atoms with Crippen LogP contribution in [0.2, 0.25) is 0 Å². The summed E-state index contributed by atoms with van der Waals surface area (Å²) in [6.07, 6.45) is 1.05. The smallest absolute Gasteiger partial charge is 0.327 e. The minimum absolute atomic E-state index is 0. The van der Waals surface area contributed by atoms with Crippen LogP contribution in [0.25, 0.3) is 0 Å². The maximum Gasteiger partial charge on any atom is 0.327 e. The molecule has 4 amide bonds. The molecular weight excluding hydrogens is 680 g/mol. The number of halogens is 1. The molecule has 5 rings (SSSR count). The van der Waals surface area contributed by atoms with Crippen LogP contribution in [0.1, 0.15) is 25.5 Å². The molecule has 47 heavy (non-hydrogen) atoms. The molecule has 1 aromatic heterocycles. The van der Waals surface area contributed by atoms with E-state index < -0.39 is 67.6 Å². The van der Waals surface area contributed by atoms with E-state index in [9.17, 15) is 42.6 Å². The first-order valence-electron chi connectivity index (χ1n) is 13.4. The van der Waals surface area contributed by atoms with Crippen molar-refractivity contribution in [3.63, 3.8) is 0 Å². The highest BCUT2D eigenvalue weighted by Crippen LogP contribution is 2.50. The molecule has 2 aliphatic heterocycles. The van der Waals surface area contributed by atoms with Crippen molar-refractivity contribution >= 4 is 75.3 Å². The zero-order valence-corrected chi connectivity index (χ0v) is 26.9. The number of H-pyrrole nitrogens is 1. The molecule has 0 radical (unpaired) electrons. The fourth-order valence-corrected chi connectivity index (χ4v) is 7.19. The lowest BCUT2D eigenvalue weighted by atomic mass is 9.95. The molecule has 1 unspecified atom stereocenters. The van der Waals surface area contributed by atoms with E-state index >= 15 is 0 Å². The van der Waals surface area contributed by atoms with Crippen LogP contribution in [-0.2, 0) is 24.4 Å². The van der Waals surface area contributed by atoms with Crippen LogP contribution in [0.3, 0.4) is 0 Å². The second kappa shape index (κ2) is 13.1. The third-order valence-corrected chi connectivity index (χ3v) is 9.73. The molecular formula is C27H29ClN8O9S2. The van der Waals surface area contributed by atoms with Crippen molar-refractivity contribution in [3.8, 4) is 5.75 Å². The normalized spacial score (nSPS) is 20.1. The number of aromatic amines is 1. The number of hydrogen-bond donors (Lipinski definition) is 8. The number of benzene rings is 2. The predicted octanol–water partition coefficient (Wildman–Crippen LogP) is 0.783. The Hall–Kier alpha value is -4.85. The quantitative estimate of drug-likeness (QED) is 0.143. The van der Waals surface area contributed by atoms with E-state index in [1.165, 1.54) is 65.2 Å². The molecule has 17 nitrogen and oxygen atoms in total. The first-order valence-corrected chi connectivity index (χ1v) is 15.9. The SMILES string of the molecule is CC1(C)S[C@@H]2[C@H](NC(=O)C(NC(=O)Nc3cnc(Nc4ccc(S(N)(=O)=O)cc4)[nH]c3=O)c3ccc(O)cc3)C(=O)N2[C@H]1C(=O)O.Cl. The Labute approximate surface area is 277 Å². The van der Waals surface area contributed by atoms with Crippen LogP contribution in [0.15, 0.2) is 64.4 Å². The Morgan fingerprint density at radius 1 is 1.09 bits per heavy atom. The number of urea groups is 1. The van der Waals surface area contributed by atoms with Crippen molar-refractivity contribution < 1.29 is 37.8 Å². The maximum atomic E-state index is 13.5. The summed E-state index contributed by atoms with van der Waals surface area (Å²) in [6, 6.07) is 6.16. The topological polar surface area (TPSA) is 266 Å². The number of sulfonamides is 1. The Bertz CT molecular complexity index is 1890. The minimum atomic E-state index is -3.89. The van der Waals surface area contributed by atoms with Gasteiger partial charge in [0.25, 0.3) is 5.56 Å². The third kappa shape index (κ3) is 7.27. The number of aromatic nitrogens is 2. The van der Waals surface area contributed by atoms with Crippen molar-refractivity contribution in [1.29, 1.82) is 0 Å². The van der Waals surface area contributed by atoms with E-state index in [-0.39, 0.29) is 40.3 Å². The Morgan fingerprint density at radius 2 is 1.72 bits per heavy atom. The lowest BCUT2D eigenvalue weighted by Gasteiger charge is -2.44. The monoisotopic (exact) mass is 708 g/mol. The summed E-state index contributed by atoms with van der Waals surface area (Å²) in [5, 5.41) is 33.9. The molecule has 20 heteroatoms. The Balaban J connectivity index is 0.00000500. The zero-order valence-electron chi connectivity index (χ0n) is 24.5. The maximum absolute atomic E-state index is 13.5. The number of primary sulfonamides is 1. The van der Waals surface area contributed by atoms with Gasteiger partial charge in [0.2, 0.25) is 27.8 Å². The molecule has 3 heterocycles. The van der Waals surface area contributed by atoms with Gasteiger partial charge in [-0.1, -0.05) is 12.1 Å². The predicted molar refractivity (Wildman–Crippen MR) is 172 cm³/mol. The second-order valence-corrected chi connectivity index (χ2v) is 14.2. The number of thioether (sulfide) groups is 1. The molecule has 2 saturated heterocycles. The number of carboxylic acid groups (broad SMARTS) is 1. The van der Waals surface area contributed by atoms with Crippen LogP contribution in [0.5, 0.6) is 5.75 Å². The number of aromatic hydroxyl groups is 1. The number of hydrogen-bond acceptors (Lipinski definition) is 11. The Morgan fingerprint density at radius 3 is 2.30 bits per heavy atom. The summed E-state index contributed by atoms with van der Waals surface area (Å²) in [5.41, 5.74) is -0.445. The molecule has 2 fully saturated rings. The van der Waals surface area contributed by atoms with Gasteiger partial charge in [-0.3, -0.25) is 19.4 Å². The number of phenolic OH excluding ortho intramolecular Hbond substituents is 1. The highest BCUT2D eigenvalue weighted by atomic mass is 35.5. The van der Waals surface area contributed by atoms with E-state index in [0.717, 1.165) is 6.20 Å². The molecule has 9 N–H and O–H groups in total. The van der Waals surface area contributed by atoms with Gasteiger partial charge in [0, 0.05) is 10.4 Å². The van der Waals surface area contributed by atoms with Crippen LogP contribution in [0.4, 0.5) is 22.1 Å². The van der Waals surface area contributed by atoms with Crippen molar-refractivity contribution in [2.24, 2.45) is 5.14 Å². The number of fused-ring (bicyclic) bond motifs is 1. The number of nitrogens with zero attached hydrogens (tertiary/aromatic N) is 2. The summed E-state index contributed by atoms with van der Waals surface area (Å²) in [5.74, 6) is -2.67. The first-order chi connectivity index (χ1) is 21.5. The van der Waals surface area contributed by atoms with Crippen molar-refractivity contribution in [3.05, 3.63) is 70.6 Å². The molecule has 0 aliphatic carbocycles. The summed E-state index contributed by atoms with van der Waals surface area (Å²) in [7, 11) is -3.89. The number of phenols is 1. The van der Waals surface area contributed by atoms with Gasteiger partial charge in [-0.05, 0) is 55.8 Å². The number of aliphatic carboxylic acids is 1. The molecule has 0 saturated carbocycles. The van der Waals surface area contributed by atoms with Crippen molar-refractivity contribution in [2.45, 2.75) is 47.0 Å². The minimum Gasteiger partial charge on any atom is -0.508 e. The van der Waals surface area contributed by atoms with Gasteiger partial charge in [0.05, 0.1) is 11.1 Å². The van der Waals surface area contributed by atoms with E-state index in [4.69, 9.17) is 5.14 Å². The van der Waals surface area contributed by atoms with Crippen LogP contribution >= 0.6 is 24.2 Å². The van der Waals surface area contributed by atoms with E-state index in [1.807, 2.05) is 0 Å². The number of carbonyl (C=O) groups is 4. The van der Waals surface area contributed by atoms with E-state index in [0.29, 0.717) is 5.69 Å². The number of carboxylic acids is 1. The highest BCUT2D eigenvalue weighted by molar-refractivity contribution is 8.01. The number of anilines is 3. The summed E-state index contributed by atoms with van der Waals surface area (Å²) in [6.45, 7) is 3.39. The van der Waals surface area contributed by atoms with Crippen molar-refractivity contribution in [2.75, 3.05) is 10.6 Å². The van der Waals surface area contributed by atoms with Gasteiger partial charge in [0.15, 0.2) is 0 Å². The van der Waals surface area contributed by atoms with Crippen LogP contribution in [0, 0.1) is 0 Å². The van der Waals surface area contributed by atoms with Crippen molar-refractivity contribution in [1.82, 2.24) is 25.5 Å². The average molecular weight is 709 g/mol. The molecule has 0 bridgehead atoms. The second-order valence-electron chi connectivity index (χ2n) is 10.9. The van der Waals surface area contributed by atoms with Gasteiger partial charge in [-0.15, -0.1) is 24.2 Å². The third-order valence-electron chi connectivity index (χ3n) is 7.23. The molecule has 0 spiro atoms. The molecule has 2 aromatic carbocycles. The van der Waals surface area contributed by atoms with Crippen LogP contribution < -0.4 is 32.0 Å². The van der Waals surface area contributed by atoms with E-state index in [2.05, 4.69) is 31.2 Å².